The molecule has 0 aromatic heterocycles. The van der Waals surface area contributed by atoms with E-state index in [4.69, 9.17) is 9.47 Å². The van der Waals surface area contributed by atoms with Gasteiger partial charge in [0, 0.05) is 0 Å². The Labute approximate surface area is 107 Å². The number of carbonyl (C=O) groups excluding carboxylic acids is 2. The highest BCUT2D eigenvalue weighted by Crippen LogP contribution is 2.55. The Hall–Kier alpha value is -1.32. The molecule has 2 fully saturated rings. The van der Waals surface area contributed by atoms with Crippen LogP contribution in [0.3, 0.4) is 0 Å². The zero-order valence-electron chi connectivity index (χ0n) is 11.2. The van der Waals surface area contributed by atoms with Gasteiger partial charge in [0.2, 0.25) is 0 Å². The van der Waals surface area contributed by atoms with Crippen LogP contribution >= 0.6 is 0 Å². The molecular weight excluding hydrogens is 232 g/mol. The number of carbonyl (C=O) groups is 2. The first kappa shape index (κ1) is 13.1. The molecule has 0 aromatic rings. The summed E-state index contributed by atoms with van der Waals surface area (Å²) in [5.74, 6) is -0.0552. The summed E-state index contributed by atoms with van der Waals surface area (Å²) in [4.78, 5) is 24.0. The van der Waals surface area contributed by atoms with Gasteiger partial charge >= 0.3 is 11.9 Å². The first-order chi connectivity index (χ1) is 8.57. The van der Waals surface area contributed by atoms with E-state index < -0.39 is 17.4 Å². The molecule has 100 valence electrons. The van der Waals surface area contributed by atoms with Crippen LogP contribution in [0.2, 0.25) is 0 Å². The lowest BCUT2D eigenvalue weighted by molar-refractivity contribution is -0.169. The lowest BCUT2D eigenvalue weighted by Crippen LogP contribution is -2.39. The maximum Gasteiger partial charge on any atom is 0.323 e. The Morgan fingerprint density at radius 1 is 1.11 bits per heavy atom. The zero-order chi connectivity index (χ0) is 13.3. The summed E-state index contributed by atoms with van der Waals surface area (Å²) in [7, 11) is 2.66. The Balaban J connectivity index is 2.22. The normalized spacial score (nSPS) is 31.2. The number of allylic oxidation sites excluding steroid dienone is 2. The van der Waals surface area contributed by atoms with Gasteiger partial charge in [-0.25, -0.2) is 0 Å². The molecule has 2 rings (SSSR count). The van der Waals surface area contributed by atoms with Crippen LogP contribution in [0.5, 0.6) is 0 Å². The van der Waals surface area contributed by atoms with Crippen molar-refractivity contribution in [3.05, 3.63) is 11.6 Å². The number of ether oxygens (including phenoxy) is 2. The highest BCUT2D eigenvalue weighted by Gasteiger charge is 2.58. The van der Waals surface area contributed by atoms with Crippen molar-refractivity contribution in [1.82, 2.24) is 0 Å². The minimum atomic E-state index is -1.06. The zero-order valence-corrected chi connectivity index (χ0v) is 11.2. The second-order valence-corrected chi connectivity index (χ2v) is 5.35. The van der Waals surface area contributed by atoms with E-state index in [1.54, 1.807) is 0 Å². The molecule has 2 saturated carbocycles. The monoisotopic (exact) mass is 252 g/mol. The van der Waals surface area contributed by atoms with Gasteiger partial charge in [0.25, 0.3) is 0 Å². The van der Waals surface area contributed by atoms with Gasteiger partial charge in [0.15, 0.2) is 5.41 Å². The fourth-order valence-electron chi connectivity index (χ4n) is 3.59. The molecule has 0 aliphatic heterocycles. The molecule has 18 heavy (non-hydrogen) atoms. The van der Waals surface area contributed by atoms with Crippen LogP contribution in [0.25, 0.3) is 0 Å². The Morgan fingerprint density at radius 3 is 1.89 bits per heavy atom. The van der Waals surface area contributed by atoms with Crippen molar-refractivity contribution in [3.63, 3.8) is 0 Å². The quantitative estimate of drug-likeness (QED) is 0.429. The van der Waals surface area contributed by atoms with Gasteiger partial charge in [-0.1, -0.05) is 11.6 Å². The molecule has 0 saturated heterocycles. The predicted molar refractivity (Wildman–Crippen MR) is 65.7 cm³/mol. The molecule has 4 heteroatoms. The summed E-state index contributed by atoms with van der Waals surface area (Å²) >= 11 is 0. The number of esters is 2. The molecule has 0 bridgehead atoms. The van der Waals surface area contributed by atoms with Crippen molar-refractivity contribution in [1.29, 1.82) is 0 Å². The summed E-state index contributed by atoms with van der Waals surface area (Å²) in [5, 5.41) is 0. The molecule has 0 N–H and O–H groups in total. The Kier molecular flexibility index (Phi) is 3.46. The molecular formula is C14H20O4. The van der Waals surface area contributed by atoms with Crippen molar-refractivity contribution in [3.8, 4) is 0 Å². The molecule has 2 aliphatic rings. The van der Waals surface area contributed by atoms with Gasteiger partial charge in [0.1, 0.15) is 0 Å². The number of hydrogen-bond acceptors (Lipinski definition) is 4. The molecule has 0 heterocycles. The van der Waals surface area contributed by atoms with Crippen LogP contribution in [0.4, 0.5) is 0 Å². The third kappa shape index (κ3) is 1.84. The smallest absolute Gasteiger partial charge is 0.323 e. The van der Waals surface area contributed by atoms with Gasteiger partial charge in [-0.05, 0) is 44.4 Å². The number of fused-ring (bicyclic) bond motifs is 1. The van der Waals surface area contributed by atoms with Gasteiger partial charge in [0.05, 0.1) is 14.2 Å². The third-order valence-electron chi connectivity index (χ3n) is 4.50. The van der Waals surface area contributed by atoms with Crippen molar-refractivity contribution in [2.24, 2.45) is 17.3 Å². The minimum absolute atomic E-state index is 0.411. The molecule has 4 nitrogen and oxygen atoms in total. The number of methoxy groups -OCH3 is 2. The van der Waals surface area contributed by atoms with E-state index in [0.717, 1.165) is 12.8 Å². The first-order valence-electron chi connectivity index (χ1n) is 6.38. The summed E-state index contributed by atoms with van der Waals surface area (Å²) in [6, 6.07) is 0. The van der Waals surface area contributed by atoms with Gasteiger partial charge in [-0.2, -0.15) is 0 Å². The average Bonchev–Trinajstić information content (AvgIpc) is 2.92. The lowest BCUT2D eigenvalue weighted by Gasteiger charge is -2.24. The fraction of sp³-hybridized carbons (Fsp3) is 0.714. The minimum Gasteiger partial charge on any atom is -0.468 e. The second kappa shape index (κ2) is 4.75. The second-order valence-electron chi connectivity index (χ2n) is 5.35. The first-order valence-corrected chi connectivity index (χ1v) is 6.38. The molecule has 0 radical (unpaired) electrons. The average molecular weight is 252 g/mol. The highest BCUT2D eigenvalue weighted by molar-refractivity contribution is 6.00. The third-order valence-corrected chi connectivity index (χ3v) is 4.50. The largest absolute Gasteiger partial charge is 0.468 e. The fourth-order valence-corrected chi connectivity index (χ4v) is 3.59. The van der Waals surface area contributed by atoms with Crippen LogP contribution in [-0.2, 0) is 19.1 Å². The molecule has 2 atom stereocenters. The van der Waals surface area contributed by atoms with E-state index in [-0.39, 0.29) is 0 Å². The molecule has 0 aromatic carbocycles. The topological polar surface area (TPSA) is 52.6 Å². The Bertz CT molecular complexity index is 363. The van der Waals surface area contributed by atoms with E-state index in [0.29, 0.717) is 24.7 Å². The van der Waals surface area contributed by atoms with Crippen LogP contribution < -0.4 is 0 Å². The molecule has 2 aliphatic carbocycles. The molecule has 0 unspecified atom stereocenters. The van der Waals surface area contributed by atoms with E-state index in [1.807, 2.05) is 6.92 Å². The Morgan fingerprint density at radius 2 is 1.56 bits per heavy atom. The molecule has 0 amide bonds. The van der Waals surface area contributed by atoms with Gasteiger partial charge < -0.3 is 9.47 Å². The van der Waals surface area contributed by atoms with Crippen LogP contribution in [-0.4, -0.2) is 26.2 Å². The SMILES string of the molecule is CC=C1C[C@@H]2CC(C(=O)OC)(C(=O)OC)C[C@@H]2C1. The number of hydrogen-bond donors (Lipinski definition) is 0. The lowest BCUT2D eigenvalue weighted by atomic mass is 9.83. The maximum absolute atomic E-state index is 12.0. The van der Waals surface area contributed by atoms with E-state index >= 15 is 0 Å². The molecule has 0 spiro atoms. The van der Waals surface area contributed by atoms with E-state index in [1.165, 1.54) is 19.8 Å². The van der Waals surface area contributed by atoms with Crippen LogP contribution in [0.1, 0.15) is 32.6 Å². The van der Waals surface area contributed by atoms with Gasteiger partial charge in [-0.3, -0.25) is 9.59 Å². The van der Waals surface area contributed by atoms with Crippen LogP contribution in [0.15, 0.2) is 11.6 Å². The predicted octanol–water partition coefficient (Wildman–Crippen LogP) is 2.09. The maximum atomic E-state index is 12.0. The van der Waals surface area contributed by atoms with Crippen LogP contribution in [0, 0.1) is 17.3 Å². The highest BCUT2D eigenvalue weighted by atomic mass is 16.5. The number of rotatable bonds is 2. The van der Waals surface area contributed by atoms with Crippen molar-refractivity contribution >= 4 is 11.9 Å². The van der Waals surface area contributed by atoms with Crippen molar-refractivity contribution in [2.45, 2.75) is 32.6 Å². The standard InChI is InChI=1S/C14H20O4/c1-4-9-5-10-7-14(12(15)17-2,13(16)18-3)8-11(10)6-9/h4,10-11H,5-8H2,1-3H3/t10-,11+. The van der Waals surface area contributed by atoms with Crippen molar-refractivity contribution < 1.29 is 19.1 Å². The van der Waals surface area contributed by atoms with E-state index in [2.05, 4.69) is 6.08 Å². The summed E-state index contributed by atoms with van der Waals surface area (Å²) in [6.45, 7) is 2.05. The van der Waals surface area contributed by atoms with Gasteiger partial charge in [-0.15, -0.1) is 0 Å². The summed E-state index contributed by atoms with van der Waals surface area (Å²) < 4.78 is 9.65. The summed E-state index contributed by atoms with van der Waals surface area (Å²) in [6.07, 6.45) is 5.27. The van der Waals surface area contributed by atoms with Crippen molar-refractivity contribution in [2.75, 3.05) is 14.2 Å². The van der Waals surface area contributed by atoms with E-state index in [9.17, 15) is 9.59 Å². The summed E-state index contributed by atoms with van der Waals surface area (Å²) in [5.41, 5.74) is 0.381.